The molecule has 126 valence electrons. The molecule has 0 saturated carbocycles. The molecule has 1 aromatic rings. The van der Waals surface area contributed by atoms with Gasteiger partial charge in [-0.15, -0.1) is 0 Å². The number of ether oxygens (including phenoxy) is 1. The van der Waals surface area contributed by atoms with Crippen LogP contribution < -0.4 is 4.74 Å². The Morgan fingerprint density at radius 3 is 2.78 bits per heavy atom. The third-order valence-electron chi connectivity index (χ3n) is 3.32. The number of benzene rings is 1. The maximum Gasteiger partial charge on any atom is 0.438 e. The minimum atomic E-state index is -5.01. The van der Waals surface area contributed by atoms with Crippen molar-refractivity contribution in [2.45, 2.75) is 38.6 Å². The molecular formula is C15H17F3N2O3. The van der Waals surface area contributed by atoms with E-state index in [9.17, 15) is 23.1 Å². The summed E-state index contributed by atoms with van der Waals surface area (Å²) in [6.07, 6.45) is -5.03. The fourth-order valence-corrected chi connectivity index (χ4v) is 2.22. The Morgan fingerprint density at radius 2 is 2.17 bits per heavy atom. The molecule has 1 aromatic carbocycles. The Bertz CT molecular complexity index is 631. The van der Waals surface area contributed by atoms with E-state index in [0.717, 1.165) is 6.42 Å². The summed E-state index contributed by atoms with van der Waals surface area (Å²) in [5, 5.41) is 13.6. The third-order valence-corrected chi connectivity index (χ3v) is 3.32. The molecule has 1 aliphatic rings. The second-order valence-electron chi connectivity index (χ2n) is 5.32. The number of rotatable bonds is 4. The molecule has 1 amide bonds. The van der Waals surface area contributed by atoms with Crippen molar-refractivity contribution in [2.24, 2.45) is 5.10 Å². The Hall–Kier alpha value is -2.09. The standard InChI is InChI=1S/C15H17F3N2O3/c1-3-7-23-12-6-4-5-11(8-12)13(21)20-14(22,15(16,17)18)9-10(2)19-20/h4-6,8,22H,3,7,9H2,1-2H3. The summed E-state index contributed by atoms with van der Waals surface area (Å²) in [5.41, 5.74) is -3.34. The molecule has 0 bridgehead atoms. The van der Waals surface area contributed by atoms with E-state index in [1.54, 1.807) is 6.07 Å². The average Bonchev–Trinajstić information content (AvgIpc) is 2.80. The van der Waals surface area contributed by atoms with Crippen LogP contribution in [0.25, 0.3) is 0 Å². The van der Waals surface area contributed by atoms with Crippen LogP contribution in [-0.2, 0) is 0 Å². The minimum absolute atomic E-state index is 0.0246. The Labute approximate surface area is 131 Å². The van der Waals surface area contributed by atoms with Crippen molar-refractivity contribution in [3.63, 3.8) is 0 Å². The number of hydrogen-bond donors (Lipinski definition) is 1. The summed E-state index contributed by atoms with van der Waals surface area (Å²) in [6.45, 7) is 3.65. The van der Waals surface area contributed by atoms with Crippen molar-refractivity contribution in [1.29, 1.82) is 0 Å². The molecule has 0 radical (unpaired) electrons. The molecule has 0 spiro atoms. The largest absolute Gasteiger partial charge is 0.494 e. The van der Waals surface area contributed by atoms with Gasteiger partial charge in [0.05, 0.1) is 6.61 Å². The van der Waals surface area contributed by atoms with Crippen molar-refractivity contribution in [3.05, 3.63) is 29.8 Å². The monoisotopic (exact) mass is 330 g/mol. The quantitative estimate of drug-likeness (QED) is 0.923. The predicted octanol–water partition coefficient (Wildman–Crippen LogP) is 2.95. The SMILES string of the molecule is CCCOc1cccc(C(=O)N2N=C(C)CC2(O)C(F)(F)F)c1. The van der Waals surface area contributed by atoms with Gasteiger partial charge in [-0.3, -0.25) is 4.79 Å². The van der Waals surface area contributed by atoms with Crippen molar-refractivity contribution in [2.75, 3.05) is 6.61 Å². The Kier molecular flexibility index (Phi) is 4.65. The van der Waals surface area contributed by atoms with Gasteiger partial charge in [0, 0.05) is 17.7 Å². The first kappa shape index (κ1) is 17.3. The average molecular weight is 330 g/mol. The van der Waals surface area contributed by atoms with E-state index in [-0.39, 0.29) is 16.3 Å². The lowest BCUT2D eigenvalue weighted by Gasteiger charge is -2.32. The first-order valence-corrected chi connectivity index (χ1v) is 7.09. The van der Waals surface area contributed by atoms with Gasteiger partial charge in [-0.25, -0.2) is 0 Å². The van der Waals surface area contributed by atoms with E-state index < -0.39 is 24.2 Å². The van der Waals surface area contributed by atoms with Gasteiger partial charge >= 0.3 is 6.18 Å². The molecule has 1 atom stereocenters. The molecule has 1 aliphatic heterocycles. The second-order valence-corrected chi connectivity index (χ2v) is 5.32. The van der Waals surface area contributed by atoms with Gasteiger partial charge in [0.2, 0.25) is 0 Å². The summed E-state index contributed by atoms with van der Waals surface area (Å²) in [7, 11) is 0. The molecule has 1 unspecified atom stereocenters. The zero-order chi connectivity index (χ0) is 17.3. The highest BCUT2D eigenvalue weighted by atomic mass is 19.4. The number of aliphatic hydroxyl groups is 1. The normalized spacial score (nSPS) is 21.3. The smallest absolute Gasteiger partial charge is 0.438 e. The van der Waals surface area contributed by atoms with Crippen LogP contribution in [0.4, 0.5) is 13.2 Å². The van der Waals surface area contributed by atoms with Crippen LogP contribution in [-0.4, -0.2) is 40.2 Å². The van der Waals surface area contributed by atoms with E-state index in [1.807, 2.05) is 6.92 Å². The van der Waals surface area contributed by atoms with Crippen molar-refractivity contribution in [3.8, 4) is 5.75 Å². The number of nitrogens with zero attached hydrogens (tertiary/aromatic N) is 2. The predicted molar refractivity (Wildman–Crippen MR) is 77.1 cm³/mol. The lowest BCUT2D eigenvalue weighted by molar-refractivity contribution is -0.297. The minimum Gasteiger partial charge on any atom is -0.494 e. The number of halogens is 3. The molecule has 5 nitrogen and oxygen atoms in total. The molecule has 1 N–H and O–H groups in total. The van der Waals surface area contributed by atoms with Gasteiger partial charge in [-0.1, -0.05) is 13.0 Å². The highest BCUT2D eigenvalue weighted by molar-refractivity contribution is 5.98. The Balaban J connectivity index is 2.32. The molecule has 0 fully saturated rings. The number of carbonyl (C=O) groups excluding carboxylic acids is 1. The first-order valence-electron chi connectivity index (χ1n) is 7.09. The van der Waals surface area contributed by atoms with Crippen LogP contribution in [0.3, 0.4) is 0 Å². The summed E-state index contributed by atoms with van der Waals surface area (Å²) >= 11 is 0. The number of carbonyl (C=O) groups is 1. The number of hydrogen-bond acceptors (Lipinski definition) is 4. The second kappa shape index (κ2) is 6.19. The zero-order valence-electron chi connectivity index (χ0n) is 12.7. The number of alkyl halides is 3. The molecule has 0 aromatic heterocycles. The fourth-order valence-electron chi connectivity index (χ4n) is 2.22. The van der Waals surface area contributed by atoms with E-state index in [1.165, 1.54) is 25.1 Å². The van der Waals surface area contributed by atoms with E-state index in [2.05, 4.69) is 5.10 Å². The van der Waals surface area contributed by atoms with Crippen LogP contribution in [0.2, 0.25) is 0 Å². The van der Waals surface area contributed by atoms with Crippen molar-refractivity contribution >= 4 is 11.6 Å². The van der Waals surface area contributed by atoms with Crippen LogP contribution in [0, 0.1) is 0 Å². The highest BCUT2D eigenvalue weighted by Crippen LogP contribution is 2.40. The zero-order valence-corrected chi connectivity index (χ0v) is 12.7. The van der Waals surface area contributed by atoms with E-state index in [0.29, 0.717) is 12.4 Å². The molecule has 8 heteroatoms. The molecular weight excluding hydrogens is 313 g/mol. The van der Waals surface area contributed by atoms with Crippen LogP contribution in [0.5, 0.6) is 5.75 Å². The van der Waals surface area contributed by atoms with Crippen LogP contribution >= 0.6 is 0 Å². The molecule has 23 heavy (non-hydrogen) atoms. The molecule has 0 saturated heterocycles. The summed E-state index contributed by atoms with van der Waals surface area (Å²) in [6, 6.07) is 5.78. The first-order chi connectivity index (χ1) is 10.7. The van der Waals surface area contributed by atoms with Gasteiger partial charge in [0.1, 0.15) is 5.75 Å². The molecule has 0 aliphatic carbocycles. The third kappa shape index (κ3) is 3.31. The molecule has 1 heterocycles. The van der Waals surface area contributed by atoms with Crippen molar-refractivity contribution in [1.82, 2.24) is 5.01 Å². The Morgan fingerprint density at radius 1 is 1.48 bits per heavy atom. The maximum absolute atomic E-state index is 13.1. The lowest BCUT2D eigenvalue weighted by atomic mass is 10.1. The van der Waals surface area contributed by atoms with Gasteiger partial charge < -0.3 is 9.84 Å². The van der Waals surface area contributed by atoms with E-state index >= 15 is 0 Å². The number of amides is 1. The number of hydrazone groups is 1. The van der Waals surface area contributed by atoms with Gasteiger partial charge in [-0.05, 0) is 31.5 Å². The lowest BCUT2D eigenvalue weighted by Crippen LogP contribution is -2.56. The topological polar surface area (TPSA) is 62.1 Å². The van der Waals surface area contributed by atoms with Gasteiger partial charge in [0.15, 0.2) is 0 Å². The summed E-state index contributed by atoms with van der Waals surface area (Å²) in [4.78, 5) is 12.4. The maximum atomic E-state index is 13.1. The summed E-state index contributed by atoms with van der Waals surface area (Å²) < 4.78 is 44.8. The highest BCUT2D eigenvalue weighted by Gasteiger charge is 2.62. The van der Waals surface area contributed by atoms with Gasteiger partial charge in [-0.2, -0.15) is 23.3 Å². The van der Waals surface area contributed by atoms with E-state index in [4.69, 9.17) is 4.74 Å². The molecule has 2 rings (SSSR count). The fraction of sp³-hybridized carbons (Fsp3) is 0.467. The van der Waals surface area contributed by atoms with Crippen LogP contribution in [0.1, 0.15) is 37.0 Å². The summed E-state index contributed by atoms with van der Waals surface area (Å²) in [5.74, 6) is -0.670. The van der Waals surface area contributed by atoms with Gasteiger partial charge in [0.25, 0.3) is 11.6 Å². The van der Waals surface area contributed by atoms with Crippen molar-refractivity contribution < 1.29 is 27.8 Å². The van der Waals surface area contributed by atoms with Crippen LogP contribution in [0.15, 0.2) is 29.4 Å².